The fourth-order valence-electron chi connectivity index (χ4n) is 2.51. The van der Waals surface area contributed by atoms with Gasteiger partial charge in [-0.1, -0.05) is 41.3 Å². The summed E-state index contributed by atoms with van der Waals surface area (Å²) in [6, 6.07) is 3.65. The van der Waals surface area contributed by atoms with Crippen molar-refractivity contribution in [2.24, 2.45) is 0 Å². The summed E-state index contributed by atoms with van der Waals surface area (Å²) in [5.74, 6) is -2.62. The van der Waals surface area contributed by atoms with E-state index in [4.69, 9.17) is 0 Å². The minimum atomic E-state index is -1.08. The second kappa shape index (κ2) is 5.99. The lowest BCUT2D eigenvalue weighted by molar-refractivity contribution is 0.0881. The maximum absolute atomic E-state index is 13.6. The van der Waals surface area contributed by atoms with Crippen molar-refractivity contribution in [3.63, 3.8) is 0 Å². The molecule has 0 saturated heterocycles. The summed E-state index contributed by atoms with van der Waals surface area (Å²) in [6.45, 7) is 0. The van der Waals surface area contributed by atoms with E-state index in [2.05, 4.69) is 21.2 Å². The molecule has 0 aromatic heterocycles. The van der Waals surface area contributed by atoms with Gasteiger partial charge in [0.15, 0.2) is 11.6 Å². The van der Waals surface area contributed by atoms with Crippen LogP contribution >= 0.6 is 15.9 Å². The standard InChI is InChI=1S/C14H16BrF2NO/c15-9-14(7-2-1-3-8-14)18-13(19)10-5-4-6-11(16)12(10)17/h4-6H,1-3,7-9H2,(H,18,19). The molecule has 1 amide bonds. The van der Waals surface area contributed by atoms with Crippen molar-refractivity contribution < 1.29 is 13.6 Å². The zero-order valence-corrected chi connectivity index (χ0v) is 12.1. The van der Waals surface area contributed by atoms with Gasteiger partial charge in [0.05, 0.1) is 11.1 Å². The van der Waals surface area contributed by atoms with E-state index in [0.717, 1.165) is 38.2 Å². The number of alkyl halides is 1. The molecular formula is C14H16BrF2NO. The quantitative estimate of drug-likeness (QED) is 0.839. The lowest BCUT2D eigenvalue weighted by atomic mass is 9.83. The molecule has 1 fully saturated rings. The summed E-state index contributed by atoms with van der Waals surface area (Å²) < 4.78 is 26.7. The van der Waals surface area contributed by atoms with E-state index in [9.17, 15) is 13.6 Å². The number of rotatable bonds is 3. The van der Waals surface area contributed by atoms with E-state index in [0.29, 0.717) is 5.33 Å². The molecule has 0 radical (unpaired) electrons. The molecule has 0 atom stereocenters. The van der Waals surface area contributed by atoms with Crippen LogP contribution in [0.1, 0.15) is 42.5 Å². The van der Waals surface area contributed by atoms with Crippen LogP contribution in [0, 0.1) is 11.6 Å². The largest absolute Gasteiger partial charge is 0.346 e. The number of benzene rings is 1. The molecule has 1 aliphatic carbocycles. The minimum Gasteiger partial charge on any atom is -0.346 e. The van der Waals surface area contributed by atoms with Gasteiger partial charge in [-0.05, 0) is 25.0 Å². The van der Waals surface area contributed by atoms with E-state index < -0.39 is 17.5 Å². The zero-order valence-electron chi connectivity index (χ0n) is 10.5. The van der Waals surface area contributed by atoms with Gasteiger partial charge in [0.2, 0.25) is 0 Å². The van der Waals surface area contributed by atoms with Gasteiger partial charge in [-0.2, -0.15) is 0 Å². The Kier molecular flexibility index (Phi) is 4.55. The third-order valence-electron chi connectivity index (χ3n) is 3.64. The molecule has 2 nitrogen and oxygen atoms in total. The molecular weight excluding hydrogens is 316 g/mol. The molecule has 104 valence electrons. The second-order valence-electron chi connectivity index (χ2n) is 5.03. The van der Waals surface area contributed by atoms with Gasteiger partial charge in [0.1, 0.15) is 0 Å². The van der Waals surface area contributed by atoms with Crippen LogP contribution in [0.4, 0.5) is 8.78 Å². The first kappa shape index (κ1) is 14.4. The molecule has 1 saturated carbocycles. The van der Waals surface area contributed by atoms with Crippen molar-refractivity contribution in [3.8, 4) is 0 Å². The summed E-state index contributed by atoms with van der Waals surface area (Å²) >= 11 is 3.42. The zero-order chi connectivity index (χ0) is 13.9. The first-order chi connectivity index (χ1) is 9.08. The molecule has 0 unspecified atom stereocenters. The highest BCUT2D eigenvalue weighted by molar-refractivity contribution is 9.09. The Morgan fingerprint density at radius 1 is 1.26 bits per heavy atom. The number of carbonyl (C=O) groups excluding carboxylic acids is 1. The van der Waals surface area contributed by atoms with Crippen molar-refractivity contribution >= 4 is 21.8 Å². The third-order valence-corrected chi connectivity index (χ3v) is 4.71. The molecule has 1 aromatic rings. The van der Waals surface area contributed by atoms with Gasteiger partial charge in [-0.15, -0.1) is 0 Å². The number of nitrogens with one attached hydrogen (secondary N) is 1. The second-order valence-corrected chi connectivity index (χ2v) is 5.59. The highest BCUT2D eigenvalue weighted by Crippen LogP contribution is 2.30. The molecule has 1 N–H and O–H groups in total. The lowest BCUT2D eigenvalue weighted by Gasteiger charge is -2.36. The van der Waals surface area contributed by atoms with Crippen molar-refractivity contribution in [2.45, 2.75) is 37.6 Å². The van der Waals surface area contributed by atoms with E-state index in [1.165, 1.54) is 12.1 Å². The van der Waals surface area contributed by atoms with Crippen molar-refractivity contribution in [1.29, 1.82) is 0 Å². The Bertz CT molecular complexity index is 473. The molecule has 2 rings (SSSR count). The molecule has 19 heavy (non-hydrogen) atoms. The summed E-state index contributed by atoms with van der Waals surface area (Å²) in [6.07, 6.45) is 4.95. The van der Waals surface area contributed by atoms with E-state index in [1.807, 2.05) is 0 Å². The summed E-state index contributed by atoms with van der Waals surface area (Å²) in [7, 11) is 0. The molecule has 0 heterocycles. The van der Waals surface area contributed by atoms with Crippen LogP contribution < -0.4 is 5.32 Å². The normalized spacial score (nSPS) is 18.1. The Balaban J connectivity index is 2.17. The predicted octanol–water partition coefficient (Wildman–Crippen LogP) is 3.79. The van der Waals surface area contributed by atoms with Gasteiger partial charge >= 0.3 is 0 Å². The van der Waals surface area contributed by atoms with Gasteiger partial charge in [0, 0.05) is 5.33 Å². The van der Waals surface area contributed by atoms with E-state index in [1.54, 1.807) is 0 Å². The SMILES string of the molecule is O=C(NC1(CBr)CCCCC1)c1cccc(F)c1F. The molecule has 1 aliphatic rings. The lowest BCUT2D eigenvalue weighted by Crippen LogP contribution is -2.51. The summed E-state index contributed by atoms with van der Waals surface area (Å²) in [5, 5.41) is 3.50. The van der Waals surface area contributed by atoms with Gasteiger partial charge in [-0.25, -0.2) is 8.78 Å². The topological polar surface area (TPSA) is 29.1 Å². The van der Waals surface area contributed by atoms with Crippen LogP contribution in [0.15, 0.2) is 18.2 Å². The number of halogens is 3. The van der Waals surface area contributed by atoms with Crippen molar-refractivity contribution in [2.75, 3.05) is 5.33 Å². The number of amides is 1. The van der Waals surface area contributed by atoms with Gasteiger partial charge in [-0.3, -0.25) is 4.79 Å². The monoisotopic (exact) mass is 331 g/mol. The van der Waals surface area contributed by atoms with Crippen LogP contribution in [-0.4, -0.2) is 16.8 Å². The molecule has 0 aliphatic heterocycles. The Morgan fingerprint density at radius 3 is 2.58 bits per heavy atom. The fraction of sp³-hybridized carbons (Fsp3) is 0.500. The van der Waals surface area contributed by atoms with Crippen LogP contribution in [0.3, 0.4) is 0 Å². The van der Waals surface area contributed by atoms with E-state index >= 15 is 0 Å². The third kappa shape index (κ3) is 3.14. The highest BCUT2D eigenvalue weighted by atomic mass is 79.9. The predicted molar refractivity (Wildman–Crippen MR) is 73.4 cm³/mol. The maximum Gasteiger partial charge on any atom is 0.254 e. The van der Waals surface area contributed by atoms with Crippen molar-refractivity contribution in [3.05, 3.63) is 35.4 Å². The smallest absolute Gasteiger partial charge is 0.254 e. The average molecular weight is 332 g/mol. The molecule has 0 spiro atoms. The van der Waals surface area contributed by atoms with Crippen LogP contribution in [-0.2, 0) is 0 Å². The number of hydrogen-bond donors (Lipinski definition) is 1. The van der Waals surface area contributed by atoms with Gasteiger partial charge < -0.3 is 5.32 Å². The average Bonchev–Trinajstić information content (AvgIpc) is 2.42. The van der Waals surface area contributed by atoms with Crippen LogP contribution in [0.5, 0.6) is 0 Å². The highest BCUT2D eigenvalue weighted by Gasteiger charge is 2.33. The molecule has 5 heteroatoms. The van der Waals surface area contributed by atoms with Crippen LogP contribution in [0.2, 0.25) is 0 Å². The molecule has 1 aromatic carbocycles. The molecule has 0 bridgehead atoms. The number of carbonyl (C=O) groups is 1. The van der Waals surface area contributed by atoms with Crippen LogP contribution in [0.25, 0.3) is 0 Å². The van der Waals surface area contributed by atoms with Gasteiger partial charge in [0.25, 0.3) is 5.91 Å². The minimum absolute atomic E-state index is 0.231. The Hall–Kier alpha value is -0.970. The summed E-state index contributed by atoms with van der Waals surface area (Å²) in [4.78, 5) is 12.1. The Morgan fingerprint density at radius 2 is 1.95 bits per heavy atom. The maximum atomic E-state index is 13.6. The first-order valence-corrected chi connectivity index (χ1v) is 7.53. The summed E-state index contributed by atoms with van der Waals surface area (Å²) in [5.41, 5.74) is -0.570. The number of hydrogen-bond acceptors (Lipinski definition) is 1. The fourth-order valence-corrected chi connectivity index (χ4v) is 3.21. The van der Waals surface area contributed by atoms with Crippen molar-refractivity contribution in [1.82, 2.24) is 5.32 Å². The van der Waals surface area contributed by atoms with E-state index in [-0.39, 0.29) is 11.1 Å². The Labute approximate surface area is 119 Å². The first-order valence-electron chi connectivity index (χ1n) is 6.40.